The van der Waals surface area contributed by atoms with E-state index in [-0.39, 0.29) is 11.0 Å². The second-order valence-corrected chi connectivity index (χ2v) is 7.11. The highest BCUT2D eigenvalue weighted by atomic mass is 32.2. The number of hydrogen-bond donors (Lipinski definition) is 1. The van der Waals surface area contributed by atoms with E-state index in [4.69, 9.17) is 10.00 Å². The number of ether oxygens (including phenoxy) is 1. The van der Waals surface area contributed by atoms with Gasteiger partial charge in [-0.1, -0.05) is 6.42 Å². The van der Waals surface area contributed by atoms with Gasteiger partial charge in [-0.2, -0.15) is 5.26 Å². The first-order valence-electron chi connectivity index (χ1n) is 8.19. The summed E-state index contributed by atoms with van der Waals surface area (Å²) in [5, 5.41) is 12.8. The minimum Gasteiger partial charge on any atom is -0.370 e. The van der Waals surface area contributed by atoms with Gasteiger partial charge < -0.3 is 10.1 Å². The summed E-state index contributed by atoms with van der Waals surface area (Å²) in [6.07, 6.45) is 3.06. The van der Waals surface area contributed by atoms with E-state index in [1.54, 1.807) is 12.1 Å². The molecule has 126 valence electrons. The molecule has 2 aliphatic rings. The van der Waals surface area contributed by atoms with Crippen LogP contribution in [0.2, 0.25) is 0 Å². The fourth-order valence-electron chi connectivity index (χ4n) is 2.76. The number of thioether (sulfide) groups is 1. The van der Waals surface area contributed by atoms with Crippen molar-refractivity contribution in [1.82, 2.24) is 9.97 Å². The highest BCUT2D eigenvalue weighted by molar-refractivity contribution is 8.13. The number of hydrogen-bond acceptors (Lipinski definition) is 7. The van der Waals surface area contributed by atoms with Crippen molar-refractivity contribution in [2.45, 2.75) is 37.6 Å². The molecule has 1 aromatic heterocycles. The van der Waals surface area contributed by atoms with Crippen molar-refractivity contribution in [3.8, 4) is 6.07 Å². The molecule has 1 N–H and O–H groups in total. The maximum atomic E-state index is 12.2. The molecule has 0 radical (unpaired) electrons. The molecular weight excluding hydrogens is 336 g/mol. The van der Waals surface area contributed by atoms with Crippen molar-refractivity contribution in [2.24, 2.45) is 5.92 Å². The molecule has 1 fully saturated rings. The summed E-state index contributed by atoms with van der Waals surface area (Å²) in [4.78, 5) is 21.3. The molecular formula is C18H16N4O2S. The van der Waals surface area contributed by atoms with Crippen molar-refractivity contribution in [1.29, 1.82) is 5.26 Å². The van der Waals surface area contributed by atoms with Crippen LogP contribution >= 0.6 is 11.8 Å². The van der Waals surface area contributed by atoms with Crippen molar-refractivity contribution >= 4 is 28.4 Å². The van der Waals surface area contributed by atoms with Crippen LogP contribution in [0.5, 0.6) is 0 Å². The number of nitrogens with one attached hydrogen (secondary N) is 1. The number of fused-ring (bicyclic) bond motifs is 1. The lowest BCUT2D eigenvalue weighted by Gasteiger charge is -2.22. The second kappa shape index (κ2) is 6.82. The molecule has 1 aliphatic carbocycles. The van der Waals surface area contributed by atoms with E-state index in [2.05, 4.69) is 21.4 Å². The zero-order valence-electron chi connectivity index (χ0n) is 13.5. The fourth-order valence-corrected chi connectivity index (χ4v) is 3.63. The van der Waals surface area contributed by atoms with Crippen LogP contribution in [0.15, 0.2) is 29.4 Å². The molecule has 0 saturated heterocycles. The minimum absolute atomic E-state index is 0.146. The molecule has 0 bridgehead atoms. The van der Waals surface area contributed by atoms with Gasteiger partial charge in [0.25, 0.3) is 0 Å². The van der Waals surface area contributed by atoms with Crippen LogP contribution in [0, 0.1) is 17.2 Å². The van der Waals surface area contributed by atoms with Gasteiger partial charge in [-0.3, -0.25) is 4.79 Å². The Morgan fingerprint density at radius 3 is 2.72 bits per heavy atom. The third-order valence-electron chi connectivity index (χ3n) is 4.46. The number of carbonyl (C=O) groups excluding carboxylic acids is 1. The van der Waals surface area contributed by atoms with Crippen molar-refractivity contribution in [2.75, 3.05) is 5.32 Å². The topological polar surface area (TPSA) is 87.9 Å². The average Bonchev–Trinajstić information content (AvgIpc) is 3.02. The summed E-state index contributed by atoms with van der Waals surface area (Å²) in [5.74, 6) is 0.809. The van der Waals surface area contributed by atoms with E-state index in [1.807, 2.05) is 12.1 Å². The summed E-state index contributed by atoms with van der Waals surface area (Å²) in [5.41, 5.74) is 3.18. The van der Waals surface area contributed by atoms with Crippen LogP contribution in [-0.4, -0.2) is 15.1 Å². The number of nitriles is 1. The zero-order chi connectivity index (χ0) is 17.2. The summed E-state index contributed by atoms with van der Waals surface area (Å²) >= 11 is 1.12. The monoisotopic (exact) mass is 352 g/mol. The van der Waals surface area contributed by atoms with Crippen LogP contribution in [-0.2, 0) is 22.7 Å². The predicted octanol–water partition coefficient (Wildman–Crippen LogP) is 3.54. The Hall–Kier alpha value is -2.43. The smallest absolute Gasteiger partial charge is 0.199 e. The summed E-state index contributed by atoms with van der Waals surface area (Å²) < 4.78 is 5.49. The maximum absolute atomic E-state index is 12.2. The van der Waals surface area contributed by atoms with Crippen LogP contribution in [0.3, 0.4) is 0 Å². The van der Waals surface area contributed by atoms with E-state index in [1.165, 1.54) is 0 Å². The van der Waals surface area contributed by atoms with Crippen LogP contribution < -0.4 is 5.32 Å². The highest BCUT2D eigenvalue weighted by Crippen LogP contribution is 2.35. The van der Waals surface area contributed by atoms with Crippen molar-refractivity contribution in [3.63, 3.8) is 0 Å². The Morgan fingerprint density at radius 1 is 1.24 bits per heavy atom. The summed E-state index contributed by atoms with van der Waals surface area (Å²) in [6, 6.07) is 9.25. The number of aromatic nitrogens is 2. The molecule has 2 heterocycles. The largest absolute Gasteiger partial charge is 0.370 e. The molecule has 1 saturated carbocycles. The van der Waals surface area contributed by atoms with Gasteiger partial charge >= 0.3 is 0 Å². The highest BCUT2D eigenvalue weighted by Gasteiger charge is 2.28. The maximum Gasteiger partial charge on any atom is 0.199 e. The molecule has 7 heteroatoms. The quantitative estimate of drug-likeness (QED) is 0.665. The molecule has 0 amide bonds. The van der Waals surface area contributed by atoms with Gasteiger partial charge in [-0.15, -0.1) is 0 Å². The van der Waals surface area contributed by atoms with E-state index in [0.29, 0.717) is 29.8 Å². The Labute approximate surface area is 149 Å². The lowest BCUT2D eigenvalue weighted by molar-refractivity contribution is -0.116. The molecule has 4 rings (SSSR count). The Morgan fingerprint density at radius 2 is 2.04 bits per heavy atom. The SMILES string of the molecule is N#Cc1ccc(Nc2nc(SC(=O)C3CCC3)nc3c2COC3)cc1. The van der Waals surface area contributed by atoms with E-state index >= 15 is 0 Å². The second-order valence-electron chi connectivity index (χ2n) is 6.14. The summed E-state index contributed by atoms with van der Waals surface area (Å²) in [7, 11) is 0. The number of nitrogens with zero attached hydrogens (tertiary/aromatic N) is 3. The van der Waals surface area contributed by atoms with Gasteiger partial charge in [0.2, 0.25) is 0 Å². The average molecular weight is 352 g/mol. The first kappa shape index (κ1) is 16.1. The molecule has 0 atom stereocenters. The number of carbonyl (C=O) groups is 1. The van der Waals surface area contributed by atoms with Crippen molar-refractivity contribution < 1.29 is 9.53 Å². The van der Waals surface area contributed by atoms with Gasteiger partial charge in [0.1, 0.15) is 5.82 Å². The normalized spacial score (nSPS) is 16.0. The zero-order valence-corrected chi connectivity index (χ0v) is 14.3. The third-order valence-corrected chi connectivity index (χ3v) is 5.36. The molecule has 0 spiro atoms. The lowest BCUT2D eigenvalue weighted by atomic mass is 9.87. The molecule has 6 nitrogen and oxygen atoms in total. The Balaban J connectivity index is 1.59. The molecule has 1 aliphatic heterocycles. The van der Waals surface area contributed by atoms with Crippen LogP contribution in [0.1, 0.15) is 36.1 Å². The first-order valence-corrected chi connectivity index (χ1v) is 9.01. The van der Waals surface area contributed by atoms with Crippen molar-refractivity contribution in [3.05, 3.63) is 41.1 Å². The minimum atomic E-state index is 0.146. The molecule has 2 aromatic rings. The third kappa shape index (κ3) is 3.36. The first-order chi connectivity index (χ1) is 12.2. The Kier molecular flexibility index (Phi) is 4.38. The van der Waals surface area contributed by atoms with E-state index < -0.39 is 0 Å². The van der Waals surface area contributed by atoms with E-state index in [0.717, 1.165) is 48.0 Å². The van der Waals surface area contributed by atoms with Gasteiger partial charge in [0.05, 0.1) is 30.5 Å². The van der Waals surface area contributed by atoms with Crippen LogP contribution in [0.25, 0.3) is 0 Å². The molecule has 0 unspecified atom stereocenters. The number of rotatable bonds is 4. The predicted molar refractivity (Wildman–Crippen MR) is 93.2 cm³/mol. The standard InChI is InChI=1S/C18H16N4O2S/c19-8-11-4-6-13(7-5-11)20-16-14-9-24-10-15(14)21-18(22-16)25-17(23)12-2-1-3-12/h4-7,12H,1-3,9-10H2,(H,20,21,22). The van der Waals surface area contributed by atoms with Gasteiger partial charge in [0.15, 0.2) is 10.3 Å². The summed E-state index contributed by atoms with van der Waals surface area (Å²) in [6.45, 7) is 0.889. The molecule has 1 aromatic carbocycles. The van der Waals surface area contributed by atoms with Crippen LogP contribution in [0.4, 0.5) is 11.5 Å². The van der Waals surface area contributed by atoms with Gasteiger partial charge in [-0.05, 0) is 48.9 Å². The number of anilines is 2. The lowest BCUT2D eigenvalue weighted by Crippen LogP contribution is -2.19. The Bertz CT molecular complexity index is 857. The fraction of sp³-hybridized carbons (Fsp3) is 0.333. The molecule has 25 heavy (non-hydrogen) atoms. The van der Waals surface area contributed by atoms with E-state index in [9.17, 15) is 4.79 Å². The van der Waals surface area contributed by atoms with Gasteiger partial charge in [-0.25, -0.2) is 9.97 Å². The number of benzene rings is 1. The van der Waals surface area contributed by atoms with Gasteiger partial charge in [0, 0.05) is 17.2 Å².